The number of ether oxygens (including phenoxy) is 1. The predicted octanol–water partition coefficient (Wildman–Crippen LogP) is 4.05. The number of benzene rings is 2. The van der Waals surface area contributed by atoms with Gasteiger partial charge in [0.05, 0.1) is 23.8 Å². The van der Waals surface area contributed by atoms with Crippen LogP contribution in [-0.4, -0.2) is 17.6 Å². The normalized spacial score (nSPS) is 10.1. The lowest BCUT2D eigenvalue weighted by atomic mass is 10.2. The van der Waals surface area contributed by atoms with Crippen LogP contribution in [0.1, 0.15) is 12.5 Å². The highest BCUT2D eigenvalue weighted by Crippen LogP contribution is 2.30. The summed E-state index contributed by atoms with van der Waals surface area (Å²) < 4.78 is 19.0. The molecule has 2 aromatic rings. The van der Waals surface area contributed by atoms with Crippen molar-refractivity contribution < 1.29 is 18.9 Å². The summed E-state index contributed by atoms with van der Waals surface area (Å²) in [6.07, 6.45) is -0.810. The van der Waals surface area contributed by atoms with E-state index in [2.05, 4.69) is 10.1 Å². The zero-order valence-corrected chi connectivity index (χ0v) is 12.9. The molecule has 0 heterocycles. The molecule has 0 saturated heterocycles. The van der Waals surface area contributed by atoms with Crippen LogP contribution in [0.4, 0.5) is 26.3 Å². The van der Waals surface area contributed by atoms with Crippen LogP contribution in [0.2, 0.25) is 0 Å². The van der Waals surface area contributed by atoms with E-state index in [4.69, 9.17) is 0 Å². The summed E-state index contributed by atoms with van der Waals surface area (Å²) in [7, 11) is 0. The van der Waals surface area contributed by atoms with Crippen LogP contribution in [-0.2, 0) is 11.3 Å². The molecular weight excluding hydrogens is 317 g/mol. The molecule has 0 aromatic heterocycles. The summed E-state index contributed by atoms with van der Waals surface area (Å²) in [6, 6.07) is 12.5. The zero-order valence-electron chi connectivity index (χ0n) is 12.9. The minimum atomic E-state index is -0.810. The molecule has 0 aliphatic heterocycles. The predicted molar refractivity (Wildman–Crippen MR) is 87.5 cm³/mol. The monoisotopic (exact) mass is 333 g/mol. The third-order valence-corrected chi connectivity index (χ3v) is 3.13. The number of rotatable bonds is 6. The molecule has 7 nitrogen and oxygen atoms in total. The molecular formula is C16H16FN3O4. The second kappa shape index (κ2) is 7.91. The van der Waals surface area contributed by atoms with Gasteiger partial charge in [0, 0.05) is 6.07 Å². The average molecular weight is 333 g/mol. The molecule has 0 saturated carbocycles. The van der Waals surface area contributed by atoms with Crippen molar-refractivity contribution in [2.75, 3.05) is 17.0 Å². The van der Waals surface area contributed by atoms with Crippen molar-refractivity contribution in [1.29, 1.82) is 0 Å². The van der Waals surface area contributed by atoms with E-state index in [1.54, 1.807) is 31.2 Å². The summed E-state index contributed by atoms with van der Waals surface area (Å²) in [5, 5.41) is 13.8. The quantitative estimate of drug-likeness (QED) is 0.489. The molecule has 0 unspecified atom stereocenters. The van der Waals surface area contributed by atoms with E-state index in [1.165, 1.54) is 12.1 Å². The molecule has 0 aliphatic carbocycles. The highest BCUT2D eigenvalue weighted by Gasteiger charge is 2.19. The number of hydrogen-bond donors (Lipinski definition) is 1. The molecule has 2 rings (SSSR count). The summed E-state index contributed by atoms with van der Waals surface area (Å²) in [6.45, 7) is 1.69. The molecule has 8 heteroatoms. The topological polar surface area (TPSA) is 84.7 Å². The molecule has 0 radical (unpaired) electrons. The summed E-state index contributed by atoms with van der Waals surface area (Å²) >= 11 is 0. The Bertz CT molecular complexity index is 725. The van der Waals surface area contributed by atoms with Gasteiger partial charge in [0.15, 0.2) is 0 Å². The molecule has 0 aliphatic rings. The van der Waals surface area contributed by atoms with Crippen LogP contribution in [0.3, 0.4) is 0 Å². The Morgan fingerprint density at radius 1 is 1.29 bits per heavy atom. The van der Waals surface area contributed by atoms with E-state index in [9.17, 15) is 19.4 Å². The van der Waals surface area contributed by atoms with Crippen LogP contribution in [0.5, 0.6) is 0 Å². The van der Waals surface area contributed by atoms with Crippen LogP contribution < -0.4 is 10.4 Å². The minimum Gasteiger partial charge on any atom is -0.450 e. The van der Waals surface area contributed by atoms with Gasteiger partial charge in [-0.1, -0.05) is 34.8 Å². The smallest absolute Gasteiger partial charge is 0.411 e. The van der Waals surface area contributed by atoms with Gasteiger partial charge < -0.3 is 4.74 Å². The number of nitro benzene ring substituents is 1. The highest BCUT2D eigenvalue weighted by atomic mass is 19.2. The summed E-state index contributed by atoms with van der Waals surface area (Å²) in [5.41, 5.74) is 0.253. The molecule has 0 spiro atoms. The van der Waals surface area contributed by atoms with E-state index >= 15 is 0 Å². The fourth-order valence-corrected chi connectivity index (χ4v) is 2.04. The Morgan fingerprint density at radius 2 is 2.00 bits per heavy atom. The van der Waals surface area contributed by atoms with E-state index in [-0.39, 0.29) is 24.5 Å². The fourth-order valence-electron chi connectivity index (χ4n) is 2.04. The van der Waals surface area contributed by atoms with Gasteiger partial charge in [-0.25, -0.2) is 9.92 Å². The maximum Gasteiger partial charge on any atom is 0.411 e. The van der Waals surface area contributed by atoms with Crippen LogP contribution >= 0.6 is 0 Å². The van der Waals surface area contributed by atoms with Crippen molar-refractivity contribution in [3.8, 4) is 0 Å². The van der Waals surface area contributed by atoms with Crippen LogP contribution in [0, 0.1) is 10.1 Å². The number of hydrogen-bond acceptors (Lipinski definition) is 5. The van der Waals surface area contributed by atoms with Crippen molar-refractivity contribution in [2.45, 2.75) is 13.5 Å². The number of carbonyl (C=O) groups is 1. The Kier molecular flexibility index (Phi) is 5.67. The van der Waals surface area contributed by atoms with Gasteiger partial charge in [-0.15, -0.1) is 0 Å². The standard InChI is InChI=1S/C16H16FN3O4/c1-2-24-16(21)18-14-9-8-13(10-15(14)20(22)23)19(17)11-12-6-4-3-5-7-12/h3-10H,2,11H2,1H3,(H,18,21). The number of carbonyl (C=O) groups excluding carboxylic acids is 1. The second-order valence-electron chi connectivity index (χ2n) is 4.81. The average Bonchev–Trinajstić information content (AvgIpc) is 2.56. The maximum atomic E-state index is 14.3. The Balaban J connectivity index is 2.21. The van der Waals surface area contributed by atoms with E-state index in [0.29, 0.717) is 5.12 Å². The molecule has 2 aromatic carbocycles. The van der Waals surface area contributed by atoms with Gasteiger partial charge in [0.25, 0.3) is 5.69 Å². The lowest BCUT2D eigenvalue weighted by molar-refractivity contribution is -0.383. The van der Waals surface area contributed by atoms with E-state index < -0.39 is 16.7 Å². The van der Waals surface area contributed by atoms with Crippen molar-refractivity contribution in [1.82, 2.24) is 0 Å². The van der Waals surface area contributed by atoms with Gasteiger partial charge in [-0.05, 0) is 24.6 Å². The Labute approximate surface area is 137 Å². The maximum absolute atomic E-state index is 14.3. The molecule has 0 atom stereocenters. The summed E-state index contributed by atoms with van der Waals surface area (Å²) in [4.78, 5) is 21.9. The second-order valence-corrected chi connectivity index (χ2v) is 4.81. The van der Waals surface area contributed by atoms with Crippen molar-refractivity contribution >= 4 is 23.2 Å². The number of nitrogens with one attached hydrogen (secondary N) is 1. The zero-order chi connectivity index (χ0) is 17.5. The van der Waals surface area contributed by atoms with Gasteiger partial charge in [-0.2, -0.15) is 0 Å². The van der Waals surface area contributed by atoms with E-state index in [1.807, 2.05) is 6.07 Å². The highest BCUT2D eigenvalue weighted by molar-refractivity contribution is 5.88. The number of nitro groups is 1. The lowest BCUT2D eigenvalue weighted by Crippen LogP contribution is -2.15. The molecule has 24 heavy (non-hydrogen) atoms. The summed E-state index contributed by atoms with van der Waals surface area (Å²) in [5.74, 6) is 0. The Hall–Kier alpha value is -3.16. The van der Waals surface area contributed by atoms with Gasteiger partial charge in [0.1, 0.15) is 5.69 Å². The molecule has 1 amide bonds. The first-order valence-corrected chi connectivity index (χ1v) is 7.20. The van der Waals surface area contributed by atoms with Gasteiger partial charge in [-0.3, -0.25) is 15.4 Å². The first kappa shape index (κ1) is 17.2. The number of nitrogens with zero attached hydrogens (tertiary/aromatic N) is 2. The Morgan fingerprint density at radius 3 is 2.62 bits per heavy atom. The first-order chi connectivity index (χ1) is 11.5. The van der Waals surface area contributed by atoms with Crippen LogP contribution in [0.15, 0.2) is 48.5 Å². The number of anilines is 2. The number of amides is 1. The third-order valence-electron chi connectivity index (χ3n) is 3.13. The van der Waals surface area contributed by atoms with E-state index in [0.717, 1.165) is 11.6 Å². The molecule has 1 N–H and O–H groups in total. The largest absolute Gasteiger partial charge is 0.450 e. The van der Waals surface area contributed by atoms with Crippen molar-refractivity contribution in [2.24, 2.45) is 0 Å². The SMILES string of the molecule is CCOC(=O)Nc1ccc(N(F)Cc2ccccc2)cc1[N+](=O)[O-]. The first-order valence-electron chi connectivity index (χ1n) is 7.20. The molecule has 126 valence electrons. The van der Waals surface area contributed by atoms with Crippen molar-refractivity contribution in [3.63, 3.8) is 0 Å². The van der Waals surface area contributed by atoms with Gasteiger partial charge >= 0.3 is 6.09 Å². The number of halogens is 1. The van der Waals surface area contributed by atoms with Crippen molar-refractivity contribution in [3.05, 3.63) is 64.2 Å². The molecule has 0 bridgehead atoms. The van der Waals surface area contributed by atoms with Gasteiger partial charge in [0.2, 0.25) is 0 Å². The fraction of sp³-hybridized carbons (Fsp3) is 0.188. The van der Waals surface area contributed by atoms with Crippen LogP contribution in [0.25, 0.3) is 0 Å². The third kappa shape index (κ3) is 4.42. The minimum absolute atomic E-state index is 0.0139. The lowest BCUT2D eigenvalue weighted by Gasteiger charge is -2.15. The molecule has 0 fully saturated rings.